The van der Waals surface area contributed by atoms with E-state index in [9.17, 15) is 28.8 Å². The number of aliphatic carboxylic acids is 1. The maximum Gasteiger partial charge on any atom is 0.325 e. The van der Waals surface area contributed by atoms with Gasteiger partial charge in [-0.2, -0.15) is 0 Å². The molecule has 5 atom stereocenters. The van der Waals surface area contributed by atoms with E-state index in [1.54, 1.807) is 0 Å². The molecular weight excluding hydrogens is 424 g/mol. The maximum atomic E-state index is 12.9. The Morgan fingerprint density at radius 2 is 1.59 bits per heavy atom. The predicted molar refractivity (Wildman–Crippen MR) is 112 cm³/mol. The van der Waals surface area contributed by atoms with Crippen molar-refractivity contribution in [1.82, 2.24) is 20.9 Å². The zero-order chi connectivity index (χ0) is 24.6. The van der Waals surface area contributed by atoms with Gasteiger partial charge in [0.15, 0.2) is 0 Å². The average molecular weight is 457 g/mol. The predicted octanol–water partition coefficient (Wildman–Crippen LogP) is -2.83. The molecule has 8 N–H and O–H groups in total. The van der Waals surface area contributed by atoms with Gasteiger partial charge in [0.1, 0.15) is 24.2 Å². The molecule has 13 heteroatoms. The van der Waals surface area contributed by atoms with Crippen LogP contribution in [-0.2, 0) is 28.8 Å². The van der Waals surface area contributed by atoms with E-state index in [-0.39, 0.29) is 19.4 Å². The standard InChI is InChI=1S/C19H32N6O7/c1-9(20)15(27)22-10(2)18(30)25-8-4-5-13(25)17(29)24-12(6-7-14(21)26)16(28)23-11(3)19(31)32/h9-13H,4-8,20H2,1-3H3,(H2,21,26)(H,22,27)(H,23,28)(H,24,29)(H,31,32)/t9-,10-,11-,12-,13-/m0/s1. The lowest BCUT2D eigenvalue weighted by atomic mass is 10.1. The average Bonchev–Trinajstić information content (AvgIpc) is 3.19. The smallest absolute Gasteiger partial charge is 0.325 e. The van der Waals surface area contributed by atoms with Crippen molar-refractivity contribution in [2.45, 2.75) is 76.7 Å². The minimum Gasteiger partial charge on any atom is -0.480 e. The van der Waals surface area contributed by atoms with Gasteiger partial charge >= 0.3 is 5.97 Å². The van der Waals surface area contributed by atoms with E-state index in [0.29, 0.717) is 12.8 Å². The van der Waals surface area contributed by atoms with E-state index in [0.717, 1.165) is 0 Å². The number of hydrogen-bond donors (Lipinski definition) is 6. The number of nitrogens with one attached hydrogen (secondary N) is 3. The van der Waals surface area contributed by atoms with Crippen LogP contribution in [0.4, 0.5) is 0 Å². The first-order valence-electron chi connectivity index (χ1n) is 10.3. The Kier molecular flexibility index (Phi) is 10.0. The Labute approximate surface area is 185 Å². The summed E-state index contributed by atoms with van der Waals surface area (Å²) in [4.78, 5) is 73.3. The van der Waals surface area contributed by atoms with Gasteiger partial charge in [0.25, 0.3) is 0 Å². The molecule has 13 nitrogen and oxygen atoms in total. The lowest BCUT2D eigenvalue weighted by Crippen LogP contribution is -2.57. The van der Waals surface area contributed by atoms with Crippen molar-refractivity contribution in [3.8, 4) is 0 Å². The van der Waals surface area contributed by atoms with E-state index >= 15 is 0 Å². The molecule has 0 aromatic carbocycles. The van der Waals surface area contributed by atoms with E-state index in [1.807, 2.05) is 0 Å². The molecule has 5 amide bonds. The van der Waals surface area contributed by atoms with Crippen LogP contribution in [0.1, 0.15) is 46.5 Å². The van der Waals surface area contributed by atoms with E-state index < -0.39 is 65.7 Å². The first kappa shape index (κ1) is 26.8. The van der Waals surface area contributed by atoms with E-state index in [1.165, 1.54) is 25.7 Å². The Morgan fingerprint density at radius 1 is 1.00 bits per heavy atom. The molecule has 0 bridgehead atoms. The number of carboxylic acids is 1. The number of primary amides is 1. The number of likely N-dealkylation sites (tertiary alicyclic amines) is 1. The summed E-state index contributed by atoms with van der Waals surface area (Å²) in [5.41, 5.74) is 10.6. The summed E-state index contributed by atoms with van der Waals surface area (Å²) in [5.74, 6) is -4.37. The highest BCUT2D eigenvalue weighted by atomic mass is 16.4. The molecule has 0 spiro atoms. The zero-order valence-corrected chi connectivity index (χ0v) is 18.4. The zero-order valence-electron chi connectivity index (χ0n) is 18.4. The minimum atomic E-state index is -1.27. The summed E-state index contributed by atoms with van der Waals surface area (Å²) < 4.78 is 0. The van der Waals surface area contributed by atoms with Crippen molar-refractivity contribution in [2.24, 2.45) is 11.5 Å². The van der Waals surface area contributed by atoms with E-state index in [2.05, 4.69) is 16.0 Å². The normalized spacial score (nSPS) is 19.2. The molecule has 1 aliphatic heterocycles. The third-order valence-electron chi connectivity index (χ3n) is 5.02. The molecule has 0 saturated carbocycles. The van der Waals surface area contributed by atoms with Crippen LogP contribution in [0.2, 0.25) is 0 Å². The van der Waals surface area contributed by atoms with Crippen LogP contribution in [0.5, 0.6) is 0 Å². The SMILES string of the molecule is C[C@H](N)C(=O)N[C@@H](C)C(=O)N1CCC[C@H]1C(=O)N[C@@H](CCC(N)=O)C(=O)N[C@@H](C)C(=O)O. The molecule has 0 aromatic rings. The number of carbonyl (C=O) groups is 6. The molecule has 1 saturated heterocycles. The number of carboxylic acid groups (broad SMARTS) is 1. The highest BCUT2D eigenvalue weighted by Gasteiger charge is 2.38. The summed E-state index contributed by atoms with van der Waals surface area (Å²) in [6.07, 6.45) is 0.515. The van der Waals surface area contributed by atoms with Crippen LogP contribution in [-0.4, -0.2) is 82.3 Å². The third kappa shape index (κ3) is 7.80. The van der Waals surface area contributed by atoms with Crippen LogP contribution in [0.3, 0.4) is 0 Å². The van der Waals surface area contributed by atoms with Gasteiger partial charge in [-0.1, -0.05) is 0 Å². The van der Waals surface area contributed by atoms with Crippen molar-refractivity contribution < 1.29 is 33.9 Å². The lowest BCUT2D eigenvalue weighted by Gasteiger charge is -2.29. The Hall–Kier alpha value is -3.22. The summed E-state index contributed by atoms with van der Waals surface area (Å²) in [6, 6.07) is -5.04. The third-order valence-corrected chi connectivity index (χ3v) is 5.02. The first-order chi connectivity index (χ1) is 14.8. The Morgan fingerprint density at radius 3 is 2.12 bits per heavy atom. The number of nitrogens with two attached hydrogens (primary N) is 2. The van der Waals surface area contributed by atoms with Crippen LogP contribution in [0, 0.1) is 0 Å². The molecule has 0 aliphatic carbocycles. The minimum absolute atomic E-state index is 0.138. The fourth-order valence-corrected chi connectivity index (χ4v) is 3.16. The van der Waals surface area contributed by atoms with Crippen molar-refractivity contribution in [3.63, 3.8) is 0 Å². The molecular formula is C19H32N6O7. The molecule has 180 valence electrons. The van der Waals surface area contributed by atoms with Crippen LogP contribution in [0.15, 0.2) is 0 Å². The number of hydrogen-bond acceptors (Lipinski definition) is 7. The van der Waals surface area contributed by atoms with Gasteiger partial charge in [-0.3, -0.25) is 28.8 Å². The van der Waals surface area contributed by atoms with Gasteiger partial charge in [-0.05, 0) is 40.0 Å². The second-order valence-electron chi connectivity index (χ2n) is 7.84. The highest BCUT2D eigenvalue weighted by Crippen LogP contribution is 2.19. The van der Waals surface area contributed by atoms with Gasteiger partial charge in [-0.25, -0.2) is 0 Å². The second kappa shape index (κ2) is 12.0. The fraction of sp³-hybridized carbons (Fsp3) is 0.684. The van der Waals surface area contributed by atoms with Gasteiger partial charge in [0.05, 0.1) is 6.04 Å². The molecule has 0 unspecified atom stereocenters. The lowest BCUT2D eigenvalue weighted by molar-refractivity contribution is -0.143. The Balaban J connectivity index is 2.89. The van der Waals surface area contributed by atoms with Crippen LogP contribution in [0.25, 0.3) is 0 Å². The Bertz CT molecular complexity index is 756. The van der Waals surface area contributed by atoms with Gasteiger partial charge in [0, 0.05) is 13.0 Å². The second-order valence-corrected chi connectivity index (χ2v) is 7.84. The van der Waals surface area contributed by atoms with Crippen LogP contribution >= 0.6 is 0 Å². The van der Waals surface area contributed by atoms with Gasteiger partial charge < -0.3 is 37.4 Å². The van der Waals surface area contributed by atoms with Crippen LogP contribution < -0.4 is 27.4 Å². The molecule has 1 fully saturated rings. The molecule has 1 heterocycles. The van der Waals surface area contributed by atoms with Gasteiger partial charge in [-0.15, -0.1) is 0 Å². The van der Waals surface area contributed by atoms with E-state index in [4.69, 9.17) is 16.6 Å². The van der Waals surface area contributed by atoms with Crippen molar-refractivity contribution in [2.75, 3.05) is 6.54 Å². The number of rotatable bonds is 11. The monoisotopic (exact) mass is 456 g/mol. The highest BCUT2D eigenvalue weighted by molar-refractivity contribution is 5.95. The quantitative estimate of drug-likeness (QED) is 0.190. The molecule has 0 radical (unpaired) electrons. The van der Waals surface area contributed by atoms with Gasteiger partial charge in [0.2, 0.25) is 29.5 Å². The topological polar surface area (TPSA) is 214 Å². The van der Waals surface area contributed by atoms with Crippen molar-refractivity contribution in [3.05, 3.63) is 0 Å². The molecule has 32 heavy (non-hydrogen) atoms. The largest absolute Gasteiger partial charge is 0.480 e. The summed E-state index contributed by atoms with van der Waals surface area (Å²) in [5, 5.41) is 16.2. The van der Waals surface area contributed by atoms with Crippen molar-refractivity contribution >= 4 is 35.5 Å². The molecule has 1 aliphatic rings. The number of amides is 5. The van der Waals surface area contributed by atoms with Crippen molar-refractivity contribution in [1.29, 1.82) is 0 Å². The summed E-state index contributed by atoms with van der Waals surface area (Å²) >= 11 is 0. The molecule has 0 aromatic heterocycles. The molecule has 1 rings (SSSR count). The number of carbonyl (C=O) groups excluding carboxylic acids is 5. The summed E-state index contributed by atoms with van der Waals surface area (Å²) in [7, 11) is 0. The first-order valence-corrected chi connectivity index (χ1v) is 10.3. The fourth-order valence-electron chi connectivity index (χ4n) is 3.16. The maximum absolute atomic E-state index is 12.9. The summed E-state index contributed by atoms with van der Waals surface area (Å²) in [6.45, 7) is 4.49. The number of nitrogens with zero attached hydrogens (tertiary/aromatic N) is 1.